The molecule has 1 aromatic rings. The summed E-state index contributed by atoms with van der Waals surface area (Å²) in [6.45, 7) is 2.38. The van der Waals surface area contributed by atoms with Crippen molar-refractivity contribution in [1.82, 2.24) is 5.32 Å². The van der Waals surface area contributed by atoms with Gasteiger partial charge in [0.15, 0.2) is 0 Å². The molecule has 4 N–H and O–H groups in total. The minimum Gasteiger partial charge on any atom is -0.493 e. The fraction of sp³-hybridized carbons (Fsp3) is 0.538. The van der Waals surface area contributed by atoms with Crippen LogP contribution in [0.25, 0.3) is 0 Å². The topological polar surface area (TPSA) is 67.5 Å². The summed E-state index contributed by atoms with van der Waals surface area (Å²) >= 11 is 0. The third-order valence-electron chi connectivity index (χ3n) is 2.99. The fourth-order valence-corrected chi connectivity index (χ4v) is 1.98. The van der Waals surface area contributed by atoms with Crippen molar-refractivity contribution in [3.05, 3.63) is 29.3 Å². The number of aliphatic hydroxyl groups is 1. The van der Waals surface area contributed by atoms with E-state index in [1.54, 1.807) is 0 Å². The van der Waals surface area contributed by atoms with Gasteiger partial charge in [-0.05, 0) is 30.2 Å². The van der Waals surface area contributed by atoms with Gasteiger partial charge in [0, 0.05) is 19.0 Å². The molecule has 0 saturated carbocycles. The molecule has 1 aliphatic heterocycles. The van der Waals surface area contributed by atoms with Gasteiger partial charge in [-0.15, -0.1) is 0 Å². The Labute approximate surface area is 102 Å². The second kappa shape index (κ2) is 6.00. The van der Waals surface area contributed by atoms with Gasteiger partial charge >= 0.3 is 0 Å². The lowest BCUT2D eigenvalue weighted by Crippen LogP contribution is -2.37. The van der Waals surface area contributed by atoms with Gasteiger partial charge in [0.2, 0.25) is 0 Å². The third-order valence-corrected chi connectivity index (χ3v) is 2.99. The standard InChI is InChI=1S/C13H20N2O2/c14-12(9-16)8-15-5-3-10-1-2-13-11(7-10)4-6-17-13/h1-2,7,12,15-16H,3-6,8-9,14H2. The number of aliphatic hydroxyl groups excluding tert-OH is 1. The first-order valence-electron chi connectivity index (χ1n) is 6.11. The molecule has 4 heteroatoms. The molecule has 4 nitrogen and oxygen atoms in total. The lowest BCUT2D eigenvalue weighted by Gasteiger charge is -2.10. The molecule has 0 bridgehead atoms. The lowest BCUT2D eigenvalue weighted by molar-refractivity contribution is 0.262. The average molecular weight is 236 g/mol. The Morgan fingerprint density at radius 1 is 1.47 bits per heavy atom. The molecular formula is C13H20N2O2. The fourth-order valence-electron chi connectivity index (χ4n) is 1.98. The number of nitrogens with two attached hydrogens (primary N) is 1. The molecular weight excluding hydrogens is 216 g/mol. The van der Waals surface area contributed by atoms with Gasteiger partial charge in [-0.3, -0.25) is 0 Å². The summed E-state index contributed by atoms with van der Waals surface area (Å²) in [4.78, 5) is 0. The highest BCUT2D eigenvalue weighted by molar-refractivity contribution is 5.39. The van der Waals surface area contributed by atoms with E-state index in [2.05, 4.69) is 23.5 Å². The van der Waals surface area contributed by atoms with Crippen LogP contribution < -0.4 is 15.8 Å². The third kappa shape index (κ3) is 3.43. The summed E-state index contributed by atoms with van der Waals surface area (Å²) in [5.74, 6) is 1.03. The van der Waals surface area contributed by atoms with Crippen LogP contribution in [0.3, 0.4) is 0 Å². The molecule has 0 aromatic heterocycles. The molecule has 0 radical (unpaired) electrons. The van der Waals surface area contributed by atoms with Crippen LogP contribution in [0.2, 0.25) is 0 Å². The van der Waals surface area contributed by atoms with Crippen LogP contribution in [-0.4, -0.2) is 37.5 Å². The molecule has 94 valence electrons. The molecule has 0 saturated heterocycles. The van der Waals surface area contributed by atoms with Crippen LogP contribution in [0.5, 0.6) is 5.75 Å². The highest BCUT2D eigenvalue weighted by Crippen LogP contribution is 2.25. The molecule has 17 heavy (non-hydrogen) atoms. The first-order chi connectivity index (χ1) is 8.29. The van der Waals surface area contributed by atoms with Gasteiger partial charge in [-0.25, -0.2) is 0 Å². The molecule has 0 aliphatic carbocycles. The van der Waals surface area contributed by atoms with E-state index >= 15 is 0 Å². The molecule has 1 aromatic carbocycles. The highest BCUT2D eigenvalue weighted by Gasteiger charge is 2.11. The van der Waals surface area contributed by atoms with Crippen molar-refractivity contribution in [2.24, 2.45) is 5.73 Å². The van der Waals surface area contributed by atoms with Crippen molar-refractivity contribution >= 4 is 0 Å². The highest BCUT2D eigenvalue weighted by atomic mass is 16.5. The zero-order valence-electron chi connectivity index (χ0n) is 9.98. The Hall–Kier alpha value is -1.10. The molecule has 1 aliphatic rings. The van der Waals surface area contributed by atoms with E-state index in [-0.39, 0.29) is 12.6 Å². The second-order valence-electron chi connectivity index (χ2n) is 4.44. The Morgan fingerprint density at radius 2 is 2.35 bits per heavy atom. The van der Waals surface area contributed by atoms with E-state index in [1.165, 1.54) is 11.1 Å². The molecule has 1 unspecified atom stereocenters. The number of ether oxygens (including phenoxy) is 1. The molecule has 1 heterocycles. The van der Waals surface area contributed by atoms with Crippen molar-refractivity contribution in [1.29, 1.82) is 0 Å². The quantitative estimate of drug-likeness (QED) is 0.612. The Morgan fingerprint density at radius 3 is 3.18 bits per heavy atom. The van der Waals surface area contributed by atoms with Crippen LogP contribution in [0.15, 0.2) is 18.2 Å². The number of hydrogen-bond acceptors (Lipinski definition) is 4. The monoisotopic (exact) mass is 236 g/mol. The van der Waals surface area contributed by atoms with Gasteiger partial charge in [-0.1, -0.05) is 12.1 Å². The SMILES string of the molecule is NC(CO)CNCCc1ccc2c(c1)CCO2. The predicted molar refractivity (Wildman–Crippen MR) is 67.3 cm³/mol. The van der Waals surface area contributed by atoms with E-state index < -0.39 is 0 Å². The second-order valence-corrected chi connectivity index (χ2v) is 4.44. The van der Waals surface area contributed by atoms with Crippen molar-refractivity contribution in [2.75, 3.05) is 26.3 Å². The Balaban J connectivity index is 1.76. The van der Waals surface area contributed by atoms with Gasteiger partial charge in [0.25, 0.3) is 0 Å². The maximum Gasteiger partial charge on any atom is 0.122 e. The summed E-state index contributed by atoms with van der Waals surface area (Å²) in [6.07, 6.45) is 2.00. The first kappa shape index (κ1) is 12.4. The van der Waals surface area contributed by atoms with Crippen LogP contribution >= 0.6 is 0 Å². The smallest absolute Gasteiger partial charge is 0.122 e. The Bertz CT molecular complexity index is 368. The maximum atomic E-state index is 8.78. The van der Waals surface area contributed by atoms with Crippen LogP contribution in [0.1, 0.15) is 11.1 Å². The van der Waals surface area contributed by atoms with Gasteiger partial charge in [-0.2, -0.15) is 0 Å². The summed E-state index contributed by atoms with van der Waals surface area (Å²) in [5.41, 5.74) is 8.23. The zero-order chi connectivity index (χ0) is 12.1. The van der Waals surface area contributed by atoms with E-state index in [4.69, 9.17) is 15.6 Å². The summed E-state index contributed by atoms with van der Waals surface area (Å²) in [7, 11) is 0. The van der Waals surface area contributed by atoms with E-state index in [0.717, 1.165) is 31.7 Å². The summed E-state index contributed by atoms with van der Waals surface area (Å²) < 4.78 is 5.47. The minimum atomic E-state index is -0.163. The molecule has 0 amide bonds. The maximum absolute atomic E-state index is 8.78. The summed E-state index contributed by atoms with van der Waals surface area (Å²) in [5, 5.41) is 12.0. The number of hydrogen-bond donors (Lipinski definition) is 3. The normalized spacial score (nSPS) is 15.4. The lowest BCUT2D eigenvalue weighted by atomic mass is 10.1. The van der Waals surface area contributed by atoms with Crippen molar-refractivity contribution in [3.63, 3.8) is 0 Å². The average Bonchev–Trinajstić information content (AvgIpc) is 2.81. The zero-order valence-corrected chi connectivity index (χ0v) is 9.98. The van der Waals surface area contributed by atoms with Crippen LogP contribution in [0, 0.1) is 0 Å². The molecule has 2 rings (SSSR count). The van der Waals surface area contributed by atoms with Crippen LogP contribution in [0.4, 0.5) is 0 Å². The van der Waals surface area contributed by atoms with E-state index in [0.29, 0.717) is 6.54 Å². The minimum absolute atomic E-state index is 0.0309. The summed E-state index contributed by atoms with van der Waals surface area (Å²) in [6, 6.07) is 6.22. The number of rotatable bonds is 6. The molecule has 0 spiro atoms. The number of benzene rings is 1. The largest absolute Gasteiger partial charge is 0.493 e. The van der Waals surface area contributed by atoms with Gasteiger partial charge < -0.3 is 20.9 Å². The van der Waals surface area contributed by atoms with E-state index in [1.807, 2.05) is 0 Å². The van der Waals surface area contributed by atoms with Crippen molar-refractivity contribution < 1.29 is 9.84 Å². The molecule has 0 fully saturated rings. The van der Waals surface area contributed by atoms with E-state index in [9.17, 15) is 0 Å². The molecule has 1 atom stereocenters. The number of fused-ring (bicyclic) bond motifs is 1. The van der Waals surface area contributed by atoms with Crippen molar-refractivity contribution in [2.45, 2.75) is 18.9 Å². The predicted octanol–water partition coefficient (Wildman–Crippen LogP) is 0.0732. The first-order valence-corrected chi connectivity index (χ1v) is 6.11. The Kier molecular flexibility index (Phi) is 4.36. The van der Waals surface area contributed by atoms with Crippen LogP contribution in [-0.2, 0) is 12.8 Å². The van der Waals surface area contributed by atoms with Gasteiger partial charge in [0.05, 0.1) is 13.2 Å². The number of nitrogens with one attached hydrogen (secondary N) is 1. The van der Waals surface area contributed by atoms with Gasteiger partial charge in [0.1, 0.15) is 5.75 Å². The van der Waals surface area contributed by atoms with Crippen molar-refractivity contribution in [3.8, 4) is 5.75 Å².